The van der Waals surface area contributed by atoms with Gasteiger partial charge in [-0.1, -0.05) is 11.6 Å². The number of ketones is 1. The predicted octanol–water partition coefficient (Wildman–Crippen LogP) is 4.29. The number of carbonyl (C=O) groups is 1. The van der Waals surface area contributed by atoms with Crippen LogP contribution in [0, 0.1) is 6.92 Å². The maximum Gasteiger partial charge on any atom is 0.203 e. The van der Waals surface area contributed by atoms with Crippen molar-refractivity contribution in [1.82, 2.24) is 0 Å². The molecule has 2 aromatic rings. The molecule has 2 rings (SSSR count). The standard InChI is InChI=1S/C12H9BrClNOS/c1-6-4-7(2-3-9(6)15)11(16)10-5-8(13)12(14)17-10/h2-5H,15H2,1H3. The third-order valence-electron chi connectivity index (χ3n) is 2.40. The van der Waals surface area contributed by atoms with Crippen molar-refractivity contribution in [1.29, 1.82) is 0 Å². The summed E-state index contributed by atoms with van der Waals surface area (Å²) in [7, 11) is 0. The summed E-state index contributed by atoms with van der Waals surface area (Å²) in [4.78, 5) is 12.8. The van der Waals surface area contributed by atoms with Gasteiger partial charge in [0.1, 0.15) is 4.34 Å². The molecule has 5 heteroatoms. The quantitative estimate of drug-likeness (QED) is 0.659. The lowest BCUT2D eigenvalue weighted by Crippen LogP contribution is -2.00. The number of benzene rings is 1. The Bertz CT molecular complexity index is 575. The van der Waals surface area contributed by atoms with Crippen LogP contribution in [0.4, 0.5) is 5.69 Å². The van der Waals surface area contributed by atoms with E-state index < -0.39 is 0 Å². The minimum atomic E-state index is -0.0364. The van der Waals surface area contributed by atoms with Gasteiger partial charge < -0.3 is 5.73 Å². The normalized spacial score (nSPS) is 10.5. The van der Waals surface area contributed by atoms with Crippen LogP contribution in [-0.4, -0.2) is 5.78 Å². The maximum atomic E-state index is 12.2. The molecule has 0 aliphatic heterocycles. The Hall–Kier alpha value is -0.840. The van der Waals surface area contributed by atoms with Gasteiger partial charge in [-0.25, -0.2) is 0 Å². The average molecular weight is 331 g/mol. The summed E-state index contributed by atoms with van der Waals surface area (Å²) in [6.07, 6.45) is 0. The summed E-state index contributed by atoms with van der Waals surface area (Å²) in [5.41, 5.74) is 7.93. The largest absolute Gasteiger partial charge is 0.399 e. The van der Waals surface area contributed by atoms with E-state index in [1.165, 1.54) is 11.3 Å². The highest BCUT2D eigenvalue weighted by Gasteiger charge is 2.14. The van der Waals surface area contributed by atoms with Crippen LogP contribution in [0.1, 0.15) is 20.8 Å². The Kier molecular flexibility index (Phi) is 3.56. The molecule has 88 valence electrons. The fraction of sp³-hybridized carbons (Fsp3) is 0.0833. The van der Waals surface area contributed by atoms with Crippen molar-refractivity contribution in [2.24, 2.45) is 0 Å². The number of halogens is 2. The number of aryl methyl sites for hydroxylation is 1. The molecule has 1 aromatic heterocycles. The van der Waals surface area contributed by atoms with E-state index in [-0.39, 0.29) is 5.78 Å². The zero-order valence-corrected chi connectivity index (χ0v) is 12.1. The number of thiophene rings is 1. The number of nitrogens with two attached hydrogens (primary N) is 1. The molecule has 1 aromatic carbocycles. The van der Waals surface area contributed by atoms with Crippen LogP contribution in [0.2, 0.25) is 4.34 Å². The van der Waals surface area contributed by atoms with Gasteiger partial charge in [-0.2, -0.15) is 0 Å². The highest BCUT2D eigenvalue weighted by molar-refractivity contribution is 9.10. The first-order valence-electron chi connectivity index (χ1n) is 4.84. The van der Waals surface area contributed by atoms with Gasteiger partial charge in [0.05, 0.1) is 4.88 Å². The molecule has 1 heterocycles. The van der Waals surface area contributed by atoms with Crippen LogP contribution in [0.25, 0.3) is 0 Å². The van der Waals surface area contributed by atoms with Crippen LogP contribution < -0.4 is 5.73 Å². The van der Waals surface area contributed by atoms with E-state index in [1.807, 2.05) is 6.92 Å². The molecule has 0 radical (unpaired) electrons. The monoisotopic (exact) mass is 329 g/mol. The second kappa shape index (κ2) is 4.80. The van der Waals surface area contributed by atoms with Crippen LogP contribution in [0.5, 0.6) is 0 Å². The summed E-state index contributed by atoms with van der Waals surface area (Å²) < 4.78 is 1.33. The minimum Gasteiger partial charge on any atom is -0.399 e. The fourth-order valence-corrected chi connectivity index (χ4v) is 3.08. The van der Waals surface area contributed by atoms with Crippen LogP contribution in [0.3, 0.4) is 0 Å². The van der Waals surface area contributed by atoms with Gasteiger partial charge in [-0.15, -0.1) is 11.3 Å². The van der Waals surface area contributed by atoms with Gasteiger partial charge in [-0.3, -0.25) is 4.79 Å². The zero-order valence-electron chi connectivity index (χ0n) is 8.96. The molecule has 0 aliphatic rings. The predicted molar refractivity (Wildman–Crippen MR) is 76.1 cm³/mol. The molecule has 17 heavy (non-hydrogen) atoms. The number of nitrogen functional groups attached to an aromatic ring is 1. The second-order valence-electron chi connectivity index (χ2n) is 3.63. The van der Waals surface area contributed by atoms with E-state index in [0.717, 1.165) is 10.0 Å². The van der Waals surface area contributed by atoms with Crippen LogP contribution in [0.15, 0.2) is 28.7 Å². The van der Waals surface area contributed by atoms with Crippen molar-refractivity contribution in [3.63, 3.8) is 0 Å². The smallest absolute Gasteiger partial charge is 0.203 e. The number of anilines is 1. The van der Waals surface area contributed by atoms with Gasteiger partial charge in [0.25, 0.3) is 0 Å². The summed E-state index contributed by atoms with van der Waals surface area (Å²) in [5.74, 6) is -0.0364. The van der Waals surface area contributed by atoms with Gasteiger partial charge in [0.15, 0.2) is 0 Å². The van der Waals surface area contributed by atoms with Gasteiger partial charge in [-0.05, 0) is 52.7 Å². The SMILES string of the molecule is Cc1cc(C(=O)c2cc(Br)c(Cl)s2)ccc1N. The Morgan fingerprint density at radius 1 is 1.41 bits per heavy atom. The molecule has 0 bridgehead atoms. The zero-order chi connectivity index (χ0) is 12.6. The van der Waals surface area contributed by atoms with E-state index in [1.54, 1.807) is 24.3 Å². The second-order valence-corrected chi connectivity index (χ2v) is 6.14. The van der Waals surface area contributed by atoms with Gasteiger partial charge in [0.2, 0.25) is 5.78 Å². The lowest BCUT2D eigenvalue weighted by molar-refractivity contribution is 0.104. The van der Waals surface area contributed by atoms with E-state index in [9.17, 15) is 4.79 Å². The molecule has 0 saturated heterocycles. The molecule has 0 unspecified atom stereocenters. The molecule has 0 saturated carbocycles. The molecule has 2 N–H and O–H groups in total. The van der Waals surface area contributed by atoms with Crippen molar-refractivity contribution in [2.75, 3.05) is 5.73 Å². The third-order valence-corrected chi connectivity index (χ3v) is 4.87. The first-order valence-corrected chi connectivity index (χ1v) is 6.83. The highest BCUT2D eigenvalue weighted by atomic mass is 79.9. The summed E-state index contributed by atoms with van der Waals surface area (Å²) in [6, 6.07) is 7.00. The number of hydrogen-bond donors (Lipinski definition) is 1. The maximum absolute atomic E-state index is 12.2. The van der Waals surface area contributed by atoms with Crippen LogP contribution >= 0.6 is 38.9 Å². The lowest BCUT2D eigenvalue weighted by Gasteiger charge is -2.02. The molecular formula is C12H9BrClNOS. The topological polar surface area (TPSA) is 43.1 Å². The fourth-order valence-electron chi connectivity index (χ4n) is 1.42. The Labute approximate surface area is 117 Å². The van der Waals surface area contributed by atoms with Crippen molar-refractivity contribution < 1.29 is 4.79 Å². The lowest BCUT2D eigenvalue weighted by atomic mass is 10.1. The van der Waals surface area contributed by atoms with Gasteiger partial charge >= 0.3 is 0 Å². The molecule has 2 nitrogen and oxygen atoms in total. The molecule has 0 amide bonds. The number of hydrogen-bond acceptors (Lipinski definition) is 3. The van der Waals surface area contributed by atoms with Crippen molar-refractivity contribution in [3.05, 3.63) is 49.1 Å². The number of carbonyl (C=O) groups excluding carboxylic acids is 1. The van der Waals surface area contributed by atoms with E-state index in [4.69, 9.17) is 17.3 Å². The van der Waals surface area contributed by atoms with E-state index in [2.05, 4.69) is 15.9 Å². The van der Waals surface area contributed by atoms with Crippen molar-refractivity contribution in [2.45, 2.75) is 6.92 Å². The summed E-state index contributed by atoms with van der Waals surface area (Å²) in [6.45, 7) is 1.88. The summed E-state index contributed by atoms with van der Waals surface area (Å²) in [5, 5.41) is 0. The van der Waals surface area contributed by atoms with Crippen molar-refractivity contribution >= 4 is 50.3 Å². The molecule has 0 aliphatic carbocycles. The number of rotatable bonds is 2. The van der Waals surface area contributed by atoms with Gasteiger partial charge in [0, 0.05) is 15.7 Å². The molecule has 0 spiro atoms. The average Bonchev–Trinajstić information content (AvgIpc) is 2.62. The van der Waals surface area contributed by atoms with Crippen molar-refractivity contribution in [3.8, 4) is 0 Å². The molecule has 0 fully saturated rings. The van der Waals surface area contributed by atoms with E-state index >= 15 is 0 Å². The molecule has 0 atom stereocenters. The Morgan fingerprint density at radius 3 is 2.65 bits per heavy atom. The highest BCUT2D eigenvalue weighted by Crippen LogP contribution is 2.33. The Morgan fingerprint density at radius 2 is 2.12 bits per heavy atom. The minimum absolute atomic E-state index is 0.0364. The van der Waals surface area contributed by atoms with E-state index in [0.29, 0.717) is 20.5 Å². The Balaban J connectivity index is 2.40. The summed E-state index contributed by atoms with van der Waals surface area (Å²) >= 11 is 10.5. The van der Waals surface area contributed by atoms with Crippen LogP contribution in [-0.2, 0) is 0 Å². The first-order chi connectivity index (χ1) is 7.99. The third kappa shape index (κ3) is 2.54. The first kappa shape index (κ1) is 12.6. The molecular weight excluding hydrogens is 322 g/mol.